The Kier molecular flexibility index (Phi) is 6.95. The Morgan fingerprint density at radius 2 is 1.94 bits per heavy atom. The molecule has 0 saturated carbocycles. The summed E-state index contributed by atoms with van der Waals surface area (Å²) in [6.07, 6.45) is 1.68. The van der Waals surface area contributed by atoms with Crippen LogP contribution in [-0.4, -0.2) is 42.4 Å². The molecule has 0 bridgehead atoms. The lowest BCUT2D eigenvalue weighted by Gasteiger charge is -2.13. The highest BCUT2D eigenvalue weighted by Gasteiger charge is 2.25. The van der Waals surface area contributed by atoms with E-state index in [0.717, 1.165) is 10.8 Å². The predicted octanol–water partition coefficient (Wildman–Crippen LogP) is 3.30. The van der Waals surface area contributed by atoms with Crippen molar-refractivity contribution in [1.29, 1.82) is 0 Å². The van der Waals surface area contributed by atoms with Crippen molar-refractivity contribution in [2.45, 2.75) is 31.7 Å². The van der Waals surface area contributed by atoms with Crippen molar-refractivity contribution in [3.05, 3.63) is 63.9 Å². The first kappa shape index (κ1) is 23.1. The fraction of sp³-hybridized carbons (Fsp3) is 0.250. The molecule has 0 spiro atoms. The molecule has 0 aliphatic carbocycles. The number of thiazole rings is 1. The Balaban J connectivity index is 1.63. The van der Waals surface area contributed by atoms with Crippen LogP contribution < -0.4 is 4.72 Å². The second kappa shape index (κ2) is 9.31. The van der Waals surface area contributed by atoms with E-state index in [4.69, 9.17) is 16.3 Å². The quantitative estimate of drug-likeness (QED) is 0.390. The Labute approximate surface area is 188 Å². The molecule has 0 saturated heterocycles. The number of nitrogens with zero attached hydrogens (tertiary/aromatic N) is 2. The zero-order chi connectivity index (χ0) is 22.8. The first-order valence-corrected chi connectivity index (χ1v) is 11.9. The number of hydrogen-bond acceptors (Lipinski definition) is 7. The highest BCUT2D eigenvalue weighted by atomic mass is 35.5. The van der Waals surface area contributed by atoms with Crippen molar-refractivity contribution in [2.24, 2.45) is 0 Å². The highest BCUT2D eigenvalue weighted by Crippen LogP contribution is 2.22. The maximum absolute atomic E-state index is 12.6. The Hall–Kier alpha value is -2.53. The van der Waals surface area contributed by atoms with Gasteiger partial charge in [0.25, 0.3) is 0 Å². The van der Waals surface area contributed by atoms with Gasteiger partial charge in [-0.3, -0.25) is 14.2 Å². The van der Waals surface area contributed by atoms with Gasteiger partial charge in [0.15, 0.2) is 11.7 Å². The maximum Gasteiger partial charge on any atom is 0.324 e. The van der Waals surface area contributed by atoms with E-state index in [1.165, 1.54) is 42.5 Å². The molecule has 0 radical (unpaired) electrons. The van der Waals surface area contributed by atoms with Gasteiger partial charge in [0.2, 0.25) is 15.8 Å². The van der Waals surface area contributed by atoms with Crippen LogP contribution in [0.3, 0.4) is 0 Å². The number of esters is 1. The summed E-state index contributed by atoms with van der Waals surface area (Å²) in [6.45, 7) is 4.47. The predicted molar refractivity (Wildman–Crippen MR) is 117 cm³/mol. The lowest BCUT2D eigenvalue weighted by Crippen LogP contribution is -2.40. The van der Waals surface area contributed by atoms with Crippen LogP contribution in [0, 0.1) is 13.8 Å². The van der Waals surface area contributed by atoms with Gasteiger partial charge in [-0.05, 0) is 51.1 Å². The van der Waals surface area contributed by atoms with E-state index in [0.29, 0.717) is 16.3 Å². The Morgan fingerprint density at radius 3 is 2.55 bits per heavy atom. The molecule has 164 valence electrons. The third-order valence-electron chi connectivity index (χ3n) is 4.50. The van der Waals surface area contributed by atoms with Gasteiger partial charge in [-0.25, -0.2) is 13.4 Å². The monoisotopic (exact) mass is 481 g/mol. The van der Waals surface area contributed by atoms with Gasteiger partial charge >= 0.3 is 5.97 Å². The number of hydrogen-bond donors (Lipinski definition) is 1. The fourth-order valence-electron chi connectivity index (χ4n) is 2.97. The lowest BCUT2D eigenvalue weighted by atomic mass is 10.1. The molecule has 3 rings (SSSR count). The minimum Gasteiger partial charge on any atom is -0.456 e. The summed E-state index contributed by atoms with van der Waals surface area (Å²) in [5.74, 6) is -1.25. The summed E-state index contributed by atoms with van der Waals surface area (Å²) >= 11 is 7.20. The molecular formula is C20H20ClN3O5S2. The smallest absolute Gasteiger partial charge is 0.324 e. The van der Waals surface area contributed by atoms with E-state index >= 15 is 0 Å². The van der Waals surface area contributed by atoms with Gasteiger partial charge in [-0.2, -0.15) is 4.72 Å². The van der Waals surface area contributed by atoms with Crippen molar-refractivity contribution < 1.29 is 22.7 Å². The molecule has 0 aliphatic heterocycles. The number of carbonyl (C=O) groups is 2. The minimum atomic E-state index is -3.95. The van der Waals surface area contributed by atoms with E-state index in [-0.39, 0.29) is 4.90 Å². The van der Waals surface area contributed by atoms with E-state index < -0.39 is 34.4 Å². The first-order chi connectivity index (χ1) is 14.6. The molecule has 0 fully saturated rings. The number of ketones is 1. The largest absolute Gasteiger partial charge is 0.456 e. The molecule has 8 nitrogen and oxygen atoms in total. The minimum absolute atomic E-state index is 0.0396. The van der Waals surface area contributed by atoms with Crippen molar-refractivity contribution in [3.63, 3.8) is 0 Å². The van der Waals surface area contributed by atoms with Gasteiger partial charge in [0, 0.05) is 33.6 Å². The number of nitrogens with one attached hydrogen (secondary N) is 1. The topological polar surface area (TPSA) is 107 Å². The number of Topliss-reactive ketones (excluding diaryl/α,β-unsaturated/α-hetero) is 1. The molecule has 0 amide bonds. The zero-order valence-corrected chi connectivity index (χ0v) is 19.3. The molecule has 1 N–H and O–H groups in total. The summed E-state index contributed by atoms with van der Waals surface area (Å²) in [5.41, 5.74) is 1.92. The van der Waals surface area contributed by atoms with Gasteiger partial charge < -0.3 is 4.74 Å². The van der Waals surface area contributed by atoms with Crippen molar-refractivity contribution in [1.82, 2.24) is 14.3 Å². The van der Waals surface area contributed by atoms with Gasteiger partial charge in [0.1, 0.15) is 6.04 Å². The Bertz CT molecular complexity index is 1200. The normalized spacial score (nSPS) is 12.5. The lowest BCUT2D eigenvalue weighted by molar-refractivity contribution is -0.144. The standard InChI is InChI=1S/C20H20ClN3O5S2/c1-12-10-17(14(3)24(12)20-22-8-9-30-20)18(25)11-29-19(26)13(2)23-31(27,28)16-6-4-15(21)5-7-16/h4-10,13,23H,11H2,1-3H3/t13-/m0/s1. The van der Waals surface area contributed by atoms with Crippen LogP contribution in [0.1, 0.15) is 28.7 Å². The molecule has 0 unspecified atom stereocenters. The van der Waals surface area contributed by atoms with E-state index in [2.05, 4.69) is 9.71 Å². The molecule has 2 heterocycles. The second-order valence-electron chi connectivity index (χ2n) is 6.76. The van der Waals surface area contributed by atoms with E-state index in [1.54, 1.807) is 19.2 Å². The molecule has 31 heavy (non-hydrogen) atoms. The third kappa shape index (κ3) is 5.21. The summed E-state index contributed by atoms with van der Waals surface area (Å²) < 4.78 is 33.9. The van der Waals surface area contributed by atoms with Crippen LogP contribution >= 0.6 is 22.9 Å². The fourth-order valence-corrected chi connectivity index (χ4v) is 5.04. The number of benzene rings is 1. The molecule has 3 aromatic rings. The molecule has 1 atom stereocenters. The van der Waals surface area contributed by atoms with Crippen LogP contribution in [0.2, 0.25) is 5.02 Å². The van der Waals surface area contributed by atoms with Crippen LogP contribution in [0.5, 0.6) is 0 Å². The van der Waals surface area contributed by atoms with Crippen LogP contribution in [-0.2, 0) is 19.6 Å². The molecule has 1 aromatic carbocycles. The average Bonchev–Trinajstić information content (AvgIpc) is 3.33. The summed E-state index contributed by atoms with van der Waals surface area (Å²) in [5, 5.41) is 2.96. The second-order valence-corrected chi connectivity index (χ2v) is 9.79. The van der Waals surface area contributed by atoms with Crippen molar-refractivity contribution in [3.8, 4) is 5.13 Å². The average molecular weight is 482 g/mol. The number of ether oxygens (including phenoxy) is 1. The first-order valence-electron chi connectivity index (χ1n) is 9.16. The van der Waals surface area contributed by atoms with Crippen LogP contribution in [0.4, 0.5) is 0 Å². The van der Waals surface area contributed by atoms with E-state index in [1.807, 2.05) is 16.9 Å². The van der Waals surface area contributed by atoms with E-state index in [9.17, 15) is 18.0 Å². The molecule has 11 heteroatoms. The highest BCUT2D eigenvalue weighted by molar-refractivity contribution is 7.89. The SMILES string of the molecule is Cc1cc(C(=O)COC(=O)[C@H](C)NS(=O)(=O)c2ccc(Cl)cc2)c(C)n1-c1nccs1. The summed E-state index contributed by atoms with van der Waals surface area (Å²) in [4.78, 5) is 29.1. The zero-order valence-electron chi connectivity index (χ0n) is 17.0. The number of halogens is 1. The molecule has 2 aromatic heterocycles. The van der Waals surface area contributed by atoms with Gasteiger partial charge in [-0.15, -0.1) is 11.3 Å². The van der Waals surface area contributed by atoms with Crippen LogP contribution in [0.25, 0.3) is 5.13 Å². The Morgan fingerprint density at radius 1 is 1.26 bits per heavy atom. The van der Waals surface area contributed by atoms with Gasteiger partial charge in [-0.1, -0.05) is 11.6 Å². The van der Waals surface area contributed by atoms with Crippen molar-refractivity contribution in [2.75, 3.05) is 6.61 Å². The third-order valence-corrected chi connectivity index (χ3v) is 7.06. The number of carbonyl (C=O) groups excluding carboxylic acids is 2. The number of aryl methyl sites for hydroxylation is 1. The van der Waals surface area contributed by atoms with Crippen LogP contribution in [0.15, 0.2) is 46.8 Å². The van der Waals surface area contributed by atoms with Crippen molar-refractivity contribution >= 4 is 44.7 Å². The summed E-state index contributed by atoms with van der Waals surface area (Å²) in [7, 11) is -3.95. The molecule has 0 aliphatic rings. The summed E-state index contributed by atoms with van der Waals surface area (Å²) in [6, 6.07) is 6.03. The maximum atomic E-state index is 12.6. The number of rotatable bonds is 8. The van der Waals surface area contributed by atoms with Gasteiger partial charge in [0.05, 0.1) is 4.90 Å². The number of sulfonamides is 1. The molecular weight excluding hydrogens is 462 g/mol. The number of aromatic nitrogens is 2.